The monoisotopic (exact) mass is 325 g/mol. The molecule has 2 fully saturated rings. The maximum atomic E-state index is 4.46. The van der Waals surface area contributed by atoms with Crippen LogP contribution in [0.4, 0.5) is 0 Å². The van der Waals surface area contributed by atoms with E-state index in [2.05, 4.69) is 45.0 Å². The molecule has 0 aromatic carbocycles. The van der Waals surface area contributed by atoms with Crippen LogP contribution in [-0.4, -0.2) is 16.8 Å². The molecule has 0 spiro atoms. The lowest BCUT2D eigenvalue weighted by Gasteiger charge is -2.27. The van der Waals surface area contributed by atoms with Crippen LogP contribution in [0.2, 0.25) is 0 Å². The highest BCUT2D eigenvalue weighted by Crippen LogP contribution is 2.51. The molecule has 2 aliphatic carbocycles. The molecule has 0 radical (unpaired) electrons. The van der Waals surface area contributed by atoms with Crippen molar-refractivity contribution in [2.75, 3.05) is 7.05 Å². The fraction of sp³-hybridized carbons (Fsp3) is 0.800. The van der Waals surface area contributed by atoms with Gasteiger partial charge in [-0.1, -0.05) is 6.42 Å². The van der Waals surface area contributed by atoms with E-state index in [4.69, 9.17) is 0 Å². The van der Waals surface area contributed by atoms with Gasteiger partial charge in [0.05, 0.1) is 22.4 Å². The van der Waals surface area contributed by atoms with Crippen molar-refractivity contribution < 1.29 is 0 Å². The van der Waals surface area contributed by atoms with E-state index in [1.165, 1.54) is 37.8 Å². The van der Waals surface area contributed by atoms with Crippen LogP contribution in [0.5, 0.6) is 0 Å². The quantitative estimate of drug-likeness (QED) is 0.893. The van der Waals surface area contributed by atoms with Crippen LogP contribution >= 0.6 is 15.9 Å². The average Bonchev–Trinajstić information content (AvgIpc) is 3.11. The van der Waals surface area contributed by atoms with Crippen LogP contribution < -0.4 is 5.32 Å². The summed E-state index contributed by atoms with van der Waals surface area (Å²) in [6, 6.07) is 0.432. The number of nitrogens with one attached hydrogen (secondary N) is 1. The number of hydrogen-bond donors (Lipinski definition) is 1. The number of aromatic nitrogens is 2. The smallest absolute Gasteiger partial charge is 0.0695 e. The summed E-state index contributed by atoms with van der Waals surface area (Å²) < 4.78 is 3.27. The number of aryl methyl sites for hydroxylation is 1. The third kappa shape index (κ3) is 2.49. The third-order valence-corrected chi connectivity index (χ3v) is 5.85. The van der Waals surface area contributed by atoms with Crippen molar-refractivity contribution in [2.24, 2.45) is 17.8 Å². The highest BCUT2D eigenvalue weighted by Gasteiger charge is 2.40. The first-order valence-corrected chi connectivity index (χ1v) is 8.40. The summed E-state index contributed by atoms with van der Waals surface area (Å²) in [4.78, 5) is 0. The minimum absolute atomic E-state index is 0.432. The predicted molar refractivity (Wildman–Crippen MR) is 81.0 cm³/mol. The molecule has 4 heteroatoms. The van der Waals surface area contributed by atoms with E-state index in [-0.39, 0.29) is 0 Å². The van der Waals surface area contributed by atoms with Gasteiger partial charge in [0.2, 0.25) is 0 Å². The number of nitrogens with zero attached hydrogens (tertiary/aromatic N) is 2. The van der Waals surface area contributed by atoms with Gasteiger partial charge in [-0.25, -0.2) is 0 Å². The van der Waals surface area contributed by atoms with Crippen molar-refractivity contribution in [3.63, 3.8) is 0 Å². The third-order valence-electron chi connectivity index (χ3n) is 5.23. The molecule has 2 saturated carbocycles. The zero-order chi connectivity index (χ0) is 13.4. The molecule has 2 bridgehead atoms. The normalized spacial score (nSPS) is 31.0. The zero-order valence-corrected chi connectivity index (χ0v) is 13.5. The molecule has 1 aromatic rings. The Morgan fingerprint density at radius 2 is 2.32 bits per heavy atom. The minimum atomic E-state index is 0.432. The fourth-order valence-electron chi connectivity index (χ4n) is 4.30. The lowest BCUT2D eigenvalue weighted by atomic mass is 9.83. The molecule has 3 rings (SSSR count). The lowest BCUT2D eigenvalue weighted by Crippen LogP contribution is -2.25. The maximum absolute atomic E-state index is 4.46. The van der Waals surface area contributed by atoms with Crippen LogP contribution in [0.15, 0.2) is 10.7 Å². The Bertz CT molecular complexity index is 443. The maximum Gasteiger partial charge on any atom is 0.0695 e. The predicted octanol–water partition coefficient (Wildman–Crippen LogP) is 3.75. The van der Waals surface area contributed by atoms with E-state index >= 15 is 0 Å². The van der Waals surface area contributed by atoms with Crippen LogP contribution in [0.1, 0.15) is 50.8 Å². The molecule has 0 saturated heterocycles. The Kier molecular flexibility index (Phi) is 3.99. The molecule has 19 heavy (non-hydrogen) atoms. The van der Waals surface area contributed by atoms with Gasteiger partial charge in [-0.3, -0.25) is 4.68 Å². The van der Waals surface area contributed by atoms with Crippen molar-refractivity contribution in [1.82, 2.24) is 15.1 Å². The Hall–Kier alpha value is -0.350. The first kappa shape index (κ1) is 13.6. The van der Waals surface area contributed by atoms with Crippen LogP contribution in [-0.2, 0) is 6.54 Å². The SMILES string of the molecule is CCn1ncc(Br)c1C(CC1CC2CCC1C2)NC. The molecule has 2 aliphatic rings. The van der Waals surface area contributed by atoms with E-state index in [0.29, 0.717) is 6.04 Å². The van der Waals surface area contributed by atoms with E-state index < -0.39 is 0 Å². The van der Waals surface area contributed by atoms with Gasteiger partial charge in [0.25, 0.3) is 0 Å². The molecule has 3 nitrogen and oxygen atoms in total. The van der Waals surface area contributed by atoms with Crippen LogP contribution in [0.3, 0.4) is 0 Å². The minimum Gasteiger partial charge on any atom is -0.312 e. The number of halogens is 1. The summed E-state index contributed by atoms with van der Waals surface area (Å²) >= 11 is 3.67. The Labute approximate surface area is 124 Å². The molecular weight excluding hydrogens is 302 g/mol. The molecule has 106 valence electrons. The Balaban J connectivity index is 1.75. The summed E-state index contributed by atoms with van der Waals surface area (Å²) in [6.07, 6.45) is 9.12. The van der Waals surface area contributed by atoms with Gasteiger partial charge in [0, 0.05) is 6.54 Å². The highest BCUT2D eigenvalue weighted by atomic mass is 79.9. The van der Waals surface area contributed by atoms with Crippen molar-refractivity contribution >= 4 is 15.9 Å². The lowest BCUT2D eigenvalue weighted by molar-refractivity contribution is 0.278. The molecular formula is C15H24BrN3. The standard InChI is InChI=1S/C15H24BrN3/c1-3-19-15(13(16)9-18-19)14(17-2)8-12-7-10-4-5-11(12)6-10/h9-12,14,17H,3-8H2,1-2H3. The summed E-state index contributed by atoms with van der Waals surface area (Å²) in [5, 5.41) is 7.97. The second-order valence-electron chi connectivity index (χ2n) is 6.21. The Morgan fingerprint density at radius 3 is 2.89 bits per heavy atom. The Morgan fingerprint density at radius 1 is 1.47 bits per heavy atom. The topological polar surface area (TPSA) is 29.9 Å². The molecule has 4 unspecified atom stereocenters. The van der Waals surface area contributed by atoms with Gasteiger partial charge in [-0.2, -0.15) is 5.10 Å². The van der Waals surface area contributed by atoms with Gasteiger partial charge in [-0.05, 0) is 73.3 Å². The number of rotatable bonds is 5. The van der Waals surface area contributed by atoms with E-state index in [1.807, 2.05) is 6.20 Å². The molecule has 0 aliphatic heterocycles. The van der Waals surface area contributed by atoms with Gasteiger partial charge in [0.15, 0.2) is 0 Å². The average molecular weight is 326 g/mol. The first-order chi connectivity index (χ1) is 9.22. The van der Waals surface area contributed by atoms with E-state index in [0.717, 1.165) is 28.8 Å². The summed E-state index contributed by atoms with van der Waals surface area (Å²) in [5.41, 5.74) is 1.33. The zero-order valence-electron chi connectivity index (χ0n) is 11.9. The van der Waals surface area contributed by atoms with Gasteiger partial charge in [-0.15, -0.1) is 0 Å². The van der Waals surface area contributed by atoms with Crippen molar-refractivity contribution in [1.29, 1.82) is 0 Å². The molecule has 4 atom stereocenters. The fourth-order valence-corrected chi connectivity index (χ4v) is 4.88. The highest BCUT2D eigenvalue weighted by molar-refractivity contribution is 9.10. The summed E-state index contributed by atoms with van der Waals surface area (Å²) in [6.45, 7) is 3.10. The van der Waals surface area contributed by atoms with Gasteiger partial charge < -0.3 is 5.32 Å². The second kappa shape index (κ2) is 5.57. The largest absolute Gasteiger partial charge is 0.312 e. The molecule has 1 heterocycles. The first-order valence-electron chi connectivity index (χ1n) is 7.61. The van der Waals surface area contributed by atoms with Crippen molar-refractivity contribution in [3.8, 4) is 0 Å². The number of hydrogen-bond acceptors (Lipinski definition) is 2. The van der Waals surface area contributed by atoms with Gasteiger partial charge >= 0.3 is 0 Å². The second-order valence-corrected chi connectivity index (χ2v) is 7.06. The van der Waals surface area contributed by atoms with Crippen molar-refractivity contribution in [3.05, 3.63) is 16.4 Å². The van der Waals surface area contributed by atoms with Crippen LogP contribution in [0.25, 0.3) is 0 Å². The van der Waals surface area contributed by atoms with E-state index in [9.17, 15) is 0 Å². The van der Waals surface area contributed by atoms with Gasteiger partial charge in [0.1, 0.15) is 0 Å². The summed E-state index contributed by atoms with van der Waals surface area (Å²) in [5.74, 6) is 2.95. The van der Waals surface area contributed by atoms with E-state index in [1.54, 1.807) is 0 Å². The van der Waals surface area contributed by atoms with Crippen LogP contribution in [0, 0.1) is 17.8 Å². The molecule has 1 N–H and O–H groups in total. The molecule has 0 amide bonds. The molecule has 1 aromatic heterocycles. The number of fused-ring (bicyclic) bond motifs is 2. The summed E-state index contributed by atoms with van der Waals surface area (Å²) in [7, 11) is 2.08. The van der Waals surface area contributed by atoms with Crippen molar-refractivity contribution in [2.45, 2.75) is 51.6 Å².